The quantitative estimate of drug-likeness (QED) is 0.625. The second-order valence-corrected chi connectivity index (χ2v) is 5.42. The Hall–Kier alpha value is -0.900. The summed E-state index contributed by atoms with van der Waals surface area (Å²) in [6, 6.07) is 0.228. The van der Waals surface area contributed by atoms with Gasteiger partial charge in [-0.2, -0.15) is 5.10 Å². The van der Waals surface area contributed by atoms with Crippen molar-refractivity contribution in [2.75, 3.05) is 0 Å². The van der Waals surface area contributed by atoms with Gasteiger partial charge in [-0.3, -0.25) is 4.68 Å². The third-order valence-corrected chi connectivity index (χ3v) is 3.50. The van der Waals surface area contributed by atoms with Crippen LogP contribution >= 0.6 is 0 Å². The molecule has 0 aromatic carbocycles. The maximum absolute atomic E-state index is 6.19. The van der Waals surface area contributed by atoms with Gasteiger partial charge >= 0.3 is 0 Å². The predicted molar refractivity (Wildman–Crippen MR) is 80.0 cm³/mol. The van der Waals surface area contributed by atoms with Gasteiger partial charge in [-0.25, -0.2) is 4.98 Å². The number of nitrogens with two attached hydrogens (primary N) is 1. The van der Waals surface area contributed by atoms with E-state index in [1.165, 1.54) is 38.5 Å². The van der Waals surface area contributed by atoms with Crippen LogP contribution in [0.5, 0.6) is 0 Å². The van der Waals surface area contributed by atoms with E-state index in [9.17, 15) is 0 Å². The van der Waals surface area contributed by atoms with E-state index < -0.39 is 0 Å². The molecule has 0 radical (unpaired) electrons. The van der Waals surface area contributed by atoms with E-state index in [4.69, 9.17) is 5.73 Å². The summed E-state index contributed by atoms with van der Waals surface area (Å²) in [6.07, 6.45) is 12.6. The summed E-state index contributed by atoms with van der Waals surface area (Å²) >= 11 is 0. The molecule has 0 spiro atoms. The second kappa shape index (κ2) is 9.96. The third kappa shape index (κ3) is 6.71. The fourth-order valence-corrected chi connectivity index (χ4v) is 2.37. The molecule has 19 heavy (non-hydrogen) atoms. The molecule has 4 heteroatoms. The van der Waals surface area contributed by atoms with Crippen molar-refractivity contribution in [3.8, 4) is 0 Å². The van der Waals surface area contributed by atoms with Gasteiger partial charge in [0, 0.05) is 19.0 Å². The van der Waals surface area contributed by atoms with Gasteiger partial charge in [0.05, 0.1) is 0 Å². The molecule has 1 aromatic heterocycles. The van der Waals surface area contributed by atoms with Gasteiger partial charge in [0.25, 0.3) is 0 Å². The fraction of sp³-hybridized carbons (Fsp3) is 0.867. The number of unbranched alkanes of at least 4 members (excludes halogenated alkanes) is 5. The van der Waals surface area contributed by atoms with Gasteiger partial charge in [-0.05, 0) is 12.8 Å². The zero-order valence-electron chi connectivity index (χ0n) is 12.6. The first-order valence-electron chi connectivity index (χ1n) is 7.90. The minimum Gasteiger partial charge on any atom is -0.327 e. The molecule has 0 bridgehead atoms. The number of hydrogen-bond donors (Lipinski definition) is 1. The number of hydrogen-bond acceptors (Lipinski definition) is 3. The van der Waals surface area contributed by atoms with Crippen LogP contribution < -0.4 is 5.73 Å². The van der Waals surface area contributed by atoms with Gasteiger partial charge in [-0.15, -0.1) is 0 Å². The molecular formula is C15H30N4. The Labute approximate surface area is 117 Å². The molecule has 2 N–H and O–H groups in total. The van der Waals surface area contributed by atoms with E-state index in [0.717, 1.165) is 31.6 Å². The average Bonchev–Trinajstić information content (AvgIpc) is 2.81. The van der Waals surface area contributed by atoms with Crippen molar-refractivity contribution in [2.24, 2.45) is 5.73 Å². The first-order chi connectivity index (χ1) is 9.27. The van der Waals surface area contributed by atoms with Crippen molar-refractivity contribution in [1.29, 1.82) is 0 Å². The topological polar surface area (TPSA) is 56.7 Å². The van der Waals surface area contributed by atoms with E-state index in [1.807, 2.05) is 4.68 Å². The lowest BCUT2D eigenvalue weighted by molar-refractivity contribution is 0.500. The van der Waals surface area contributed by atoms with Gasteiger partial charge in [0.15, 0.2) is 0 Å². The van der Waals surface area contributed by atoms with Crippen LogP contribution in [0, 0.1) is 0 Å². The first-order valence-corrected chi connectivity index (χ1v) is 7.90. The first kappa shape index (κ1) is 16.2. The van der Waals surface area contributed by atoms with Crippen LogP contribution in [0.2, 0.25) is 0 Å². The third-order valence-electron chi connectivity index (χ3n) is 3.50. The lowest BCUT2D eigenvalue weighted by Crippen LogP contribution is -2.25. The smallest absolute Gasteiger partial charge is 0.138 e. The minimum atomic E-state index is 0.228. The zero-order valence-corrected chi connectivity index (χ0v) is 12.6. The molecule has 0 aliphatic rings. The van der Waals surface area contributed by atoms with Crippen LogP contribution in [0.4, 0.5) is 0 Å². The predicted octanol–water partition coefficient (Wildman–Crippen LogP) is 3.31. The van der Waals surface area contributed by atoms with Crippen LogP contribution in [0.25, 0.3) is 0 Å². The largest absolute Gasteiger partial charge is 0.327 e. The molecule has 0 saturated carbocycles. The van der Waals surface area contributed by atoms with Crippen LogP contribution in [0.1, 0.15) is 71.0 Å². The molecule has 1 unspecified atom stereocenters. The van der Waals surface area contributed by atoms with Crippen molar-refractivity contribution >= 4 is 0 Å². The van der Waals surface area contributed by atoms with Crippen LogP contribution in [-0.4, -0.2) is 20.8 Å². The van der Waals surface area contributed by atoms with Gasteiger partial charge in [-0.1, -0.05) is 52.4 Å². The normalized spacial score (nSPS) is 12.8. The summed E-state index contributed by atoms with van der Waals surface area (Å²) in [5, 5.41) is 4.24. The van der Waals surface area contributed by atoms with E-state index in [1.54, 1.807) is 6.33 Å². The highest BCUT2D eigenvalue weighted by atomic mass is 15.3. The average molecular weight is 266 g/mol. The molecule has 0 aliphatic carbocycles. The summed E-state index contributed by atoms with van der Waals surface area (Å²) in [6.45, 7) is 5.35. The highest BCUT2D eigenvalue weighted by Gasteiger charge is 2.09. The second-order valence-electron chi connectivity index (χ2n) is 5.42. The molecular weight excluding hydrogens is 236 g/mol. The Morgan fingerprint density at radius 1 is 1.11 bits per heavy atom. The molecule has 4 nitrogen and oxygen atoms in total. The van der Waals surface area contributed by atoms with Gasteiger partial charge in [0.1, 0.15) is 12.2 Å². The summed E-state index contributed by atoms with van der Waals surface area (Å²) in [4.78, 5) is 4.32. The SMILES string of the molecule is CCCCCCCCC(N)Cc1ncnn1CCC. The Morgan fingerprint density at radius 2 is 1.84 bits per heavy atom. The van der Waals surface area contributed by atoms with E-state index in [0.29, 0.717) is 0 Å². The maximum Gasteiger partial charge on any atom is 0.138 e. The van der Waals surface area contributed by atoms with Crippen LogP contribution in [-0.2, 0) is 13.0 Å². The molecule has 0 aliphatic heterocycles. The van der Waals surface area contributed by atoms with Crippen molar-refractivity contribution in [3.05, 3.63) is 12.2 Å². The highest BCUT2D eigenvalue weighted by Crippen LogP contribution is 2.10. The standard InChI is InChI=1S/C15H30N4/c1-3-5-6-7-8-9-10-14(16)12-15-17-13-18-19(15)11-4-2/h13-14H,3-12,16H2,1-2H3. The van der Waals surface area contributed by atoms with Crippen molar-refractivity contribution in [1.82, 2.24) is 14.8 Å². The van der Waals surface area contributed by atoms with E-state index in [-0.39, 0.29) is 6.04 Å². The minimum absolute atomic E-state index is 0.228. The highest BCUT2D eigenvalue weighted by molar-refractivity contribution is 4.88. The summed E-state index contributed by atoms with van der Waals surface area (Å²) in [5.41, 5.74) is 6.19. The summed E-state index contributed by atoms with van der Waals surface area (Å²) in [7, 11) is 0. The Balaban J connectivity index is 2.16. The monoisotopic (exact) mass is 266 g/mol. The van der Waals surface area contributed by atoms with E-state index >= 15 is 0 Å². The van der Waals surface area contributed by atoms with Crippen LogP contribution in [0.3, 0.4) is 0 Å². The summed E-state index contributed by atoms with van der Waals surface area (Å²) < 4.78 is 1.99. The van der Waals surface area contributed by atoms with Crippen molar-refractivity contribution in [3.63, 3.8) is 0 Å². The maximum atomic E-state index is 6.19. The van der Waals surface area contributed by atoms with Crippen LogP contribution in [0.15, 0.2) is 6.33 Å². The molecule has 1 rings (SSSR count). The zero-order chi connectivity index (χ0) is 13.9. The molecule has 0 saturated heterocycles. The Kier molecular flexibility index (Phi) is 8.47. The number of aryl methyl sites for hydroxylation is 1. The Morgan fingerprint density at radius 3 is 2.58 bits per heavy atom. The lowest BCUT2D eigenvalue weighted by Gasteiger charge is -2.11. The Bertz CT molecular complexity index is 322. The molecule has 110 valence electrons. The molecule has 0 fully saturated rings. The lowest BCUT2D eigenvalue weighted by atomic mass is 10.0. The fourth-order valence-electron chi connectivity index (χ4n) is 2.37. The van der Waals surface area contributed by atoms with Crippen molar-refractivity contribution in [2.45, 2.75) is 84.2 Å². The van der Waals surface area contributed by atoms with Gasteiger partial charge in [0.2, 0.25) is 0 Å². The molecule has 1 heterocycles. The molecule has 1 aromatic rings. The number of aromatic nitrogens is 3. The summed E-state index contributed by atoms with van der Waals surface area (Å²) in [5.74, 6) is 1.04. The van der Waals surface area contributed by atoms with Gasteiger partial charge < -0.3 is 5.73 Å². The number of nitrogens with zero attached hydrogens (tertiary/aromatic N) is 3. The number of rotatable bonds is 11. The van der Waals surface area contributed by atoms with Crippen molar-refractivity contribution < 1.29 is 0 Å². The molecule has 1 atom stereocenters. The van der Waals surface area contributed by atoms with E-state index in [2.05, 4.69) is 23.9 Å². The molecule has 0 amide bonds.